The van der Waals surface area contributed by atoms with Crippen molar-refractivity contribution in [3.05, 3.63) is 34.1 Å². The molecule has 1 atom stereocenters. The number of halogens is 1. The van der Waals surface area contributed by atoms with Gasteiger partial charge >= 0.3 is 0 Å². The number of nitrogens with zero attached hydrogens (tertiary/aromatic N) is 3. The fourth-order valence-electron chi connectivity index (χ4n) is 3.07. The van der Waals surface area contributed by atoms with E-state index >= 15 is 0 Å². The molecule has 0 amide bonds. The van der Waals surface area contributed by atoms with Crippen molar-refractivity contribution in [1.82, 2.24) is 14.7 Å². The molecule has 1 aliphatic rings. The highest BCUT2D eigenvalue weighted by molar-refractivity contribution is 7.91. The zero-order valence-corrected chi connectivity index (χ0v) is 17.0. The minimum atomic E-state index is -2.94. The Labute approximate surface area is 163 Å². The van der Waals surface area contributed by atoms with Crippen molar-refractivity contribution < 1.29 is 12.8 Å². The molecule has 0 aliphatic carbocycles. The summed E-state index contributed by atoms with van der Waals surface area (Å²) in [6.45, 7) is 3.35. The molecule has 1 saturated heterocycles. The number of rotatable bonds is 7. The number of aromatic nitrogens is 2. The largest absolute Gasteiger partial charge is 0.409 e. The molecule has 1 aliphatic heterocycles. The summed E-state index contributed by atoms with van der Waals surface area (Å²) in [5.41, 5.74) is 0.794. The maximum Gasteiger partial charge on any atom is 0.288 e. The number of benzene rings is 1. The van der Waals surface area contributed by atoms with Gasteiger partial charge in [0.15, 0.2) is 9.84 Å². The van der Waals surface area contributed by atoms with Gasteiger partial charge in [0.1, 0.15) is 0 Å². The van der Waals surface area contributed by atoms with Crippen molar-refractivity contribution in [2.24, 2.45) is 0 Å². The molecule has 0 spiro atoms. The van der Waals surface area contributed by atoms with E-state index in [4.69, 9.17) is 28.2 Å². The zero-order chi connectivity index (χ0) is 18.7. The summed E-state index contributed by atoms with van der Waals surface area (Å²) in [5.74, 6) is 0.882. The van der Waals surface area contributed by atoms with Gasteiger partial charge in [0, 0.05) is 23.2 Å². The van der Waals surface area contributed by atoms with Gasteiger partial charge in [0.05, 0.1) is 18.2 Å². The molecule has 0 N–H and O–H groups in total. The Morgan fingerprint density at radius 1 is 1.38 bits per heavy atom. The summed E-state index contributed by atoms with van der Waals surface area (Å²) >= 11 is 11.2. The van der Waals surface area contributed by atoms with Crippen LogP contribution in [0.15, 0.2) is 28.7 Å². The maximum absolute atomic E-state index is 11.9. The highest BCUT2D eigenvalue weighted by atomic mass is 35.5. The summed E-state index contributed by atoms with van der Waals surface area (Å²) in [4.78, 5) is 2.43. The van der Waals surface area contributed by atoms with E-state index in [1.807, 2.05) is 12.1 Å². The van der Waals surface area contributed by atoms with Gasteiger partial charge in [-0.2, -0.15) is 0 Å². The van der Waals surface area contributed by atoms with Crippen molar-refractivity contribution in [2.75, 3.05) is 18.1 Å². The molecular formula is C17H22ClN3O3S2. The van der Waals surface area contributed by atoms with Crippen LogP contribution in [0.25, 0.3) is 11.5 Å². The van der Waals surface area contributed by atoms with Crippen LogP contribution in [0.4, 0.5) is 0 Å². The Bertz CT molecular complexity index is 906. The summed E-state index contributed by atoms with van der Waals surface area (Å²) in [5, 5.41) is 5.12. The van der Waals surface area contributed by atoms with E-state index in [0.717, 1.165) is 24.9 Å². The molecule has 142 valence electrons. The number of unbranched alkanes of at least 4 members (excludes halogenated alkanes) is 1. The number of hydrogen-bond donors (Lipinski definition) is 0. The van der Waals surface area contributed by atoms with Crippen LogP contribution in [0.1, 0.15) is 26.2 Å². The Morgan fingerprint density at radius 2 is 2.12 bits per heavy atom. The van der Waals surface area contributed by atoms with Crippen molar-refractivity contribution >= 4 is 33.7 Å². The van der Waals surface area contributed by atoms with E-state index in [-0.39, 0.29) is 22.4 Å². The Kier molecular flexibility index (Phi) is 6.17. The maximum atomic E-state index is 11.9. The third-order valence-electron chi connectivity index (χ3n) is 4.54. The Morgan fingerprint density at radius 3 is 2.73 bits per heavy atom. The predicted molar refractivity (Wildman–Crippen MR) is 104 cm³/mol. The van der Waals surface area contributed by atoms with Crippen LogP contribution in [0, 0.1) is 4.84 Å². The van der Waals surface area contributed by atoms with Crippen molar-refractivity contribution in [2.45, 2.75) is 38.9 Å². The normalized spacial score (nSPS) is 19.3. The average Bonchev–Trinajstić information content (AvgIpc) is 3.14. The van der Waals surface area contributed by atoms with Gasteiger partial charge in [-0.1, -0.05) is 24.9 Å². The molecule has 2 heterocycles. The minimum absolute atomic E-state index is 0.00383. The van der Waals surface area contributed by atoms with Gasteiger partial charge in [-0.05, 0) is 49.3 Å². The average molecular weight is 416 g/mol. The Hall–Kier alpha value is -1.22. The van der Waals surface area contributed by atoms with Crippen LogP contribution in [0.2, 0.25) is 5.02 Å². The highest BCUT2D eigenvalue weighted by Gasteiger charge is 2.32. The molecule has 1 aromatic heterocycles. The molecule has 1 aromatic carbocycles. The van der Waals surface area contributed by atoms with Crippen molar-refractivity contribution in [3.8, 4) is 11.5 Å². The third-order valence-corrected chi connectivity index (χ3v) is 6.83. The molecule has 9 heteroatoms. The van der Waals surface area contributed by atoms with E-state index in [2.05, 4.69) is 16.9 Å². The monoisotopic (exact) mass is 415 g/mol. The lowest BCUT2D eigenvalue weighted by molar-refractivity contribution is 0.151. The fourth-order valence-corrected chi connectivity index (χ4v) is 5.14. The van der Waals surface area contributed by atoms with E-state index in [1.165, 1.54) is 0 Å². The van der Waals surface area contributed by atoms with Crippen molar-refractivity contribution in [3.63, 3.8) is 0 Å². The summed E-state index contributed by atoms with van der Waals surface area (Å²) in [6, 6.07) is 7.19. The number of sulfone groups is 1. The van der Waals surface area contributed by atoms with E-state index < -0.39 is 9.84 Å². The van der Waals surface area contributed by atoms with E-state index in [9.17, 15) is 8.42 Å². The molecule has 0 saturated carbocycles. The van der Waals surface area contributed by atoms with Gasteiger partial charge in [0.25, 0.3) is 4.84 Å². The second-order valence-electron chi connectivity index (χ2n) is 6.54. The summed E-state index contributed by atoms with van der Waals surface area (Å²) < 4.78 is 31.0. The standard InChI is InChI=1S/C17H22ClN3O3S2/c1-2-3-9-20(15-8-10-26(22,23)11-15)12-21-17(25)24-16(19-21)13-4-6-14(18)7-5-13/h4-7,15H,2-3,8-12H2,1H3/t15-/m1/s1. The van der Waals surface area contributed by atoms with Gasteiger partial charge in [-0.15, -0.1) is 5.10 Å². The topological polar surface area (TPSA) is 68.3 Å². The van der Waals surface area contributed by atoms with Gasteiger partial charge in [0.2, 0.25) is 5.89 Å². The lowest BCUT2D eigenvalue weighted by Crippen LogP contribution is -2.38. The molecule has 0 unspecified atom stereocenters. The van der Waals surface area contributed by atoms with Gasteiger partial charge in [-0.3, -0.25) is 4.90 Å². The smallest absolute Gasteiger partial charge is 0.288 e. The quantitative estimate of drug-likeness (QED) is 0.641. The van der Waals surface area contributed by atoms with E-state index in [0.29, 0.717) is 24.0 Å². The minimum Gasteiger partial charge on any atom is -0.409 e. The zero-order valence-electron chi connectivity index (χ0n) is 14.6. The summed E-state index contributed by atoms with van der Waals surface area (Å²) in [6.07, 6.45) is 2.68. The molecule has 2 aromatic rings. The third kappa shape index (κ3) is 4.73. The fraction of sp³-hybridized carbons (Fsp3) is 0.529. The van der Waals surface area contributed by atoms with E-state index in [1.54, 1.807) is 16.8 Å². The van der Waals surface area contributed by atoms with Crippen LogP contribution in [-0.2, 0) is 16.5 Å². The predicted octanol–water partition coefficient (Wildman–Crippen LogP) is 3.77. The summed E-state index contributed by atoms with van der Waals surface area (Å²) in [7, 11) is -2.94. The SMILES string of the molecule is CCCCN(Cn1nc(-c2ccc(Cl)cc2)oc1=S)[C@@H]1CCS(=O)(=O)C1. The van der Waals surface area contributed by atoms with Crippen LogP contribution in [0.3, 0.4) is 0 Å². The molecule has 6 nitrogen and oxygen atoms in total. The second kappa shape index (κ2) is 8.21. The molecule has 0 bridgehead atoms. The Balaban J connectivity index is 1.80. The first-order valence-electron chi connectivity index (χ1n) is 8.66. The molecule has 26 heavy (non-hydrogen) atoms. The molecule has 1 fully saturated rings. The molecular weight excluding hydrogens is 394 g/mol. The first-order chi connectivity index (χ1) is 12.4. The first kappa shape index (κ1) is 19.5. The van der Waals surface area contributed by atoms with Crippen LogP contribution >= 0.6 is 23.8 Å². The lowest BCUT2D eigenvalue weighted by Gasteiger charge is -2.27. The van der Waals surface area contributed by atoms with Crippen molar-refractivity contribution in [1.29, 1.82) is 0 Å². The first-order valence-corrected chi connectivity index (χ1v) is 11.3. The lowest BCUT2D eigenvalue weighted by atomic mass is 10.2. The van der Waals surface area contributed by atoms with Crippen LogP contribution in [-0.4, -0.2) is 47.2 Å². The van der Waals surface area contributed by atoms with Gasteiger partial charge < -0.3 is 4.42 Å². The van der Waals surface area contributed by atoms with Gasteiger partial charge in [-0.25, -0.2) is 13.1 Å². The molecule has 0 radical (unpaired) electrons. The second-order valence-corrected chi connectivity index (χ2v) is 9.56. The highest BCUT2D eigenvalue weighted by Crippen LogP contribution is 2.22. The number of hydrogen-bond acceptors (Lipinski definition) is 6. The molecule has 3 rings (SSSR count). The van der Waals surface area contributed by atoms with Crippen LogP contribution in [0.5, 0.6) is 0 Å². The van der Waals surface area contributed by atoms with Crippen LogP contribution < -0.4 is 0 Å².